The van der Waals surface area contributed by atoms with Gasteiger partial charge in [-0.25, -0.2) is 0 Å². The predicted octanol–water partition coefficient (Wildman–Crippen LogP) is 5.89. The van der Waals surface area contributed by atoms with Crippen molar-refractivity contribution in [3.05, 3.63) is 65.2 Å². The molecule has 0 spiro atoms. The molecular formula is C22H29NO. The van der Waals surface area contributed by atoms with Gasteiger partial charge in [0, 0.05) is 12.1 Å². The standard InChI is InChI=1S/C22H29NO/c1-16(2)19-11-13-21(14-12-19)23-22(24)10-6-8-18-7-5-9-20(15-18)17(3)4/h5,7,9,11-17H,6,8,10H2,1-4H3,(H,23,24). The number of nitrogens with one attached hydrogen (secondary N) is 1. The second-order valence-electron chi connectivity index (χ2n) is 7.08. The van der Waals surface area contributed by atoms with Crippen LogP contribution in [0, 0.1) is 0 Å². The van der Waals surface area contributed by atoms with Gasteiger partial charge in [0.1, 0.15) is 0 Å². The molecule has 24 heavy (non-hydrogen) atoms. The summed E-state index contributed by atoms with van der Waals surface area (Å²) < 4.78 is 0. The Balaban J connectivity index is 1.80. The summed E-state index contributed by atoms with van der Waals surface area (Å²) >= 11 is 0. The van der Waals surface area contributed by atoms with Gasteiger partial charge in [0.2, 0.25) is 5.91 Å². The lowest BCUT2D eigenvalue weighted by atomic mass is 9.98. The fraction of sp³-hybridized carbons (Fsp3) is 0.409. The number of amides is 1. The fourth-order valence-corrected chi connectivity index (χ4v) is 2.74. The summed E-state index contributed by atoms with van der Waals surface area (Å²) in [5.74, 6) is 1.14. The first-order chi connectivity index (χ1) is 11.5. The molecule has 0 saturated carbocycles. The van der Waals surface area contributed by atoms with E-state index >= 15 is 0 Å². The Hall–Kier alpha value is -2.09. The molecule has 2 rings (SSSR count). The second-order valence-corrected chi connectivity index (χ2v) is 7.08. The van der Waals surface area contributed by atoms with E-state index in [2.05, 4.69) is 69.4 Å². The lowest BCUT2D eigenvalue weighted by molar-refractivity contribution is -0.116. The Bertz CT molecular complexity index is 656. The number of hydrogen-bond donors (Lipinski definition) is 1. The average Bonchev–Trinajstić information content (AvgIpc) is 2.55. The predicted molar refractivity (Wildman–Crippen MR) is 103 cm³/mol. The van der Waals surface area contributed by atoms with E-state index < -0.39 is 0 Å². The molecule has 0 atom stereocenters. The van der Waals surface area contributed by atoms with Gasteiger partial charge in [-0.15, -0.1) is 0 Å². The van der Waals surface area contributed by atoms with Gasteiger partial charge in [0.15, 0.2) is 0 Å². The molecule has 2 heteroatoms. The Kier molecular flexibility index (Phi) is 6.60. The number of carbonyl (C=O) groups is 1. The van der Waals surface area contributed by atoms with E-state index in [-0.39, 0.29) is 5.91 Å². The number of anilines is 1. The molecule has 2 nitrogen and oxygen atoms in total. The zero-order valence-electron chi connectivity index (χ0n) is 15.3. The van der Waals surface area contributed by atoms with Crippen LogP contribution in [0.4, 0.5) is 5.69 Å². The Morgan fingerprint density at radius 3 is 2.21 bits per heavy atom. The van der Waals surface area contributed by atoms with Gasteiger partial charge in [-0.3, -0.25) is 4.79 Å². The molecule has 0 unspecified atom stereocenters. The van der Waals surface area contributed by atoms with Crippen LogP contribution in [-0.2, 0) is 11.2 Å². The monoisotopic (exact) mass is 323 g/mol. The minimum absolute atomic E-state index is 0.0901. The molecule has 0 aliphatic carbocycles. The molecule has 128 valence electrons. The molecular weight excluding hydrogens is 294 g/mol. The lowest BCUT2D eigenvalue weighted by Gasteiger charge is -2.09. The van der Waals surface area contributed by atoms with Crippen molar-refractivity contribution in [1.82, 2.24) is 0 Å². The molecule has 2 aromatic carbocycles. The summed E-state index contributed by atoms with van der Waals surface area (Å²) in [5, 5.41) is 2.99. The third-order valence-corrected chi connectivity index (χ3v) is 4.35. The minimum atomic E-state index is 0.0901. The molecule has 1 N–H and O–H groups in total. The summed E-state index contributed by atoms with van der Waals surface area (Å²) in [6, 6.07) is 16.8. The Labute approximate surface area is 146 Å². The third kappa shape index (κ3) is 5.52. The van der Waals surface area contributed by atoms with Crippen LogP contribution in [0.2, 0.25) is 0 Å². The van der Waals surface area contributed by atoms with Crippen LogP contribution in [0.15, 0.2) is 48.5 Å². The van der Waals surface area contributed by atoms with E-state index in [0.29, 0.717) is 18.3 Å². The molecule has 1 amide bonds. The van der Waals surface area contributed by atoms with Crippen LogP contribution in [-0.4, -0.2) is 5.91 Å². The van der Waals surface area contributed by atoms with Gasteiger partial charge >= 0.3 is 0 Å². The van der Waals surface area contributed by atoms with Crippen LogP contribution in [0.5, 0.6) is 0 Å². The van der Waals surface area contributed by atoms with Crippen molar-refractivity contribution in [2.45, 2.75) is 58.8 Å². The van der Waals surface area contributed by atoms with E-state index in [0.717, 1.165) is 18.5 Å². The largest absolute Gasteiger partial charge is 0.326 e. The first kappa shape index (κ1) is 18.3. The summed E-state index contributed by atoms with van der Waals surface area (Å²) in [4.78, 5) is 12.1. The summed E-state index contributed by atoms with van der Waals surface area (Å²) in [6.07, 6.45) is 2.37. The summed E-state index contributed by atoms with van der Waals surface area (Å²) in [6.45, 7) is 8.75. The van der Waals surface area contributed by atoms with Crippen LogP contribution in [0.1, 0.15) is 69.1 Å². The normalized spacial score (nSPS) is 11.1. The van der Waals surface area contributed by atoms with E-state index in [9.17, 15) is 4.79 Å². The average molecular weight is 323 g/mol. The molecule has 0 fully saturated rings. The van der Waals surface area contributed by atoms with Gasteiger partial charge < -0.3 is 5.32 Å². The maximum atomic E-state index is 12.1. The number of rotatable bonds is 7. The Morgan fingerprint density at radius 1 is 0.917 bits per heavy atom. The molecule has 0 heterocycles. The number of aryl methyl sites for hydroxylation is 1. The van der Waals surface area contributed by atoms with Gasteiger partial charge in [0.05, 0.1) is 0 Å². The molecule has 0 aliphatic heterocycles. The van der Waals surface area contributed by atoms with Gasteiger partial charge in [-0.1, -0.05) is 64.1 Å². The van der Waals surface area contributed by atoms with Crippen molar-refractivity contribution >= 4 is 11.6 Å². The SMILES string of the molecule is CC(C)c1ccc(NC(=O)CCCc2cccc(C(C)C)c2)cc1. The highest BCUT2D eigenvalue weighted by atomic mass is 16.1. The third-order valence-electron chi connectivity index (χ3n) is 4.35. The Morgan fingerprint density at radius 2 is 1.58 bits per heavy atom. The lowest BCUT2D eigenvalue weighted by Crippen LogP contribution is -2.11. The first-order valence-corrected chi connectivity index (χ1v) is 8.94. The summed E-state index contributed by atoms with van der Waals surface area (Å²) in [7, 11) is 0. The smallest absolute Gasteiger partial charge is 0.224 e. The minimum Gasteiger partial charge on any atom is -0.326 e. The number of carbonyl (C=O) groups excluding carboxylic acids is 1. The van der Waals surface area contributed by atoms with E-state index in [1.165, 1.54) is 16.7 Å². The topological polar surface area (TPSA) is 29.1 Å². The van der Waals surface area contributed by atoms with Crippen molar-refractivity contribution in [2.75, 3.05) is 5.32 Å². The van der Waals surface area contributed by atoms with Crippen LogP contribution in [0.25, 0.3) is 0 Å². The molecule has 0 radical (unpaired) electrons. The number of hydrogen-bond acceptors (Lipinski definition) is 1. The highest BCUT2D eigenvalue weighted by Crippen LogP contribution is 2.18. The fourth-order valence-electron chi connectivity index (χ4n) is 2.74. The van der Waals surface area contributed by atoms with Crippen LogP contribution >= 0.6 is 0 Å². The van der Waals surface area contributed by atoms with Crippen molar-refractivity contribution in [2.24, 2.45) is 0 Å². The van der Waals surface area contributed by atoms with Gasteiger partial charge in [-0.2, -0.15) is 0 Å². The molecule has 0 aromatic heterocycles. The zero-order chi connectivity index (χ0) is 17.5. The van der Waals surface area contributed by atoms with Crippen molar-refractivity contribution in [3.63, 3.8) is 0 Å². The van der Waals surface area contributed by atoms with E-state index in [4.69, 9.17) is 0 Å². The second kappa shape index (κ2) is 8.68. The van der Waals surface area contributed by atoms with Gasteiger partial charge in [-0.05, 0) is 53.5 Å². The van der Waals surface area contributed by atoms with Crippen LogP contribution < -0.4 is 5.32 Å². The molecule has 2 aromatic rings. The maximum absolute atomic E-state index is 12.1. The highest BCUT2D eigenvalue weighted by Gasteiger charge is 2.05. The molecule has 0 saturated heterocycles. The van der Waals surface area contributed by atoms with Crippen molar-refractivity contribution in [1.29, 1.82) is 0 Å². The van der Waals surface area contributed by atoms with Crippen molar-refractivity contribution < 1.29 is 4.79 Å². The van der Waals surface area contributed by atoms with E-state index in [1.54, 1.807) is 0 Å². The van der Waals surface area contributed by atoms with Crippen molar-refractivity contribution in [3.8, 4) is 0 Å². The first-order valence-electron chi connectivity index (χ1n) is 8.94. The van der Waals surface area contributed by atoms with Crippen LogP contribution in [0.3, 0.4) is 0 Å². The quantitative estimate of drug-likeness (QED) is 0.676. The van der Waals surface area contributed by atoms with Gasteiger partial charge in [0.25, 0.3) is 0 Å². The zero-order valence-corrected chi connectivity index (χ0v) is 15.3. The van der Waals surface area contributed by atoms with E-state index in [1.807, 2.05) is 12.1 Å². The highest BCUT2D eigenvalue weighted by molar-refractivity contribution is 5.90. The number of benzene rings is 2. The molecule has 0 bridgehead atoms. The summed E-state index contributed by atoms with van der Waals surface area (Å²) in [5.41, 5.74) is 4.85. The molecule has 0 aliphatic rings. The maximum Gasteiger partial charge on any atom is 0.224 e.